The molecule has 1 saturated heterocycles. The van der Waals surface area contributed by atoms with Crippen molar-refractivity contribution >= 4 is 15.7 Å². The molecule has 2 aliphatic carbocycles. The molecule has 0 aromatic heterocycles. The Labute approximate surface area is 120 Å². The molecule has 0 aromatic rings. The highest BCUT2D eigenvalue weighted by molar-refractivity contribution is 7.91. The Kier molecular flexibility index (Phi) is 3.79. The van der Waals surface area contributed by atoms with Crippen molar-refractivity contribution in [1.29, 1.82) is 0 Å². The third-order valence-corrected chi connectivity index (χ3v) is 6.81. The fraction of sp³-hybridized carbons (Fsp3) is 0.929. The van der Waals surface area contributed by atoms with Crippen LogP contribution in [0.15, 0.2) is 0 Å². The van der Waals surface area contributed by atoms with E-state index in [0.717, 1.165) is 24.7 Å². The quantitative estimate of drug-likeness (QED) is 0.749. The summed E-state index contributed by atoms with van der Waals surface area (Å²) in [4.78, 5) is 14.5. The molecule has 3 fully saturated rings. The maximum atomic E-state index is 12.7. The second kappa shape index (κ2) is 5.30. The summed E-state index contributed by atoms with van der Waals surface area (Å²) in [6.45, 7) is 0.989. The van der Waals surface area contributed by atoms with Gasteiger partial charge in [0.1, 0.15) is 0 Å². The van der Waals surface area contributed by atoms with E-state index in [0.29, 0.717) is 19.6 Å². The molecule has 2 saturated carbocycles. The number of rotatable bonds is 5. The van der Waals surface area contributed by atoms with Crippen LogP contribution < -0.4 is 0 Å². The van der Waals surface area contributed by atoms with Gasteiger partial charge < -0.3 is 9.64 Å². The molecule has 6 heteroatoms. The second-order valence-electron chi connectivity index (χ2n) is 6.51. The van der Waals surface area contributed by atoms with Crippen LogP contribution in [-0.2, 0) is 19.4 Å². The number of methoxy groups -OCH3 is 1. The Morgan fingerprint density at radius 1 is 1.25 bits per heavy atom. The van der Waals surface area contributed by atoms with E-state index < -0.39 is 9.84 Å². The lowest BCUT2D eigenvalue weighted by Crippen LogP contribution is -2.45. The predicted molar refractivity (Wildman–Crippen MR) is 75.0 cm³/mol. The fourth-order valence-electron chi connectivity index (χ4n) is 3.83. The standard InChI is InChI=1S/C14H23NO4S/c1-19-4-3-15(13-2-5-20(17,18)9-13)14(16)12-7-10-6-11(10)8-12/h10-13H,2-9H2,1H3. The van der Waals surface area contributed by atoms with Gasteiger partial charge in [-0.25, -0.2) is 8.42 Å². The normalized spacial score (nSPS) is 37.6. The first-order chi connectivity index (χ1) is 9.50. The maximum Gasteiger partial charge on any atom is 0.226 e. The van der Waals surface area contributed by atoms with Crippen LogP contribution in [0.5, 0.6) is 0 Å². The van der Waals surface area contributed by atoms with Crippen molar-refractivity contribution in [3.63, 3.8) is 0 Å². The highest BCUT2D eigenvalue weighted by Crippen LogP contribution is 2.54. The van der Waals surface area contributed by atoms with Crippen molar-refractivity contribution in [2.75, 3.05) is 31.8 Å². The zero-order chi connectivity index (χ0) is 14.3. The summed E-state index contributed by atoms with van der Waals surface area (Å²) in [5.41, 5.74) is 0. The van der Waals surface area contributed by atoms with Gasteiger partial charge in [0.25, 0.3) is 0 Å². The minimum atomic E-state index is -2.96. The van der Waals surface area contributed by atoms with Crippen molar-refractivity contribution in [3.05, 3.63) is 0 Å². The summed E-state index contributed by atoms with van der Waals surface area (Å²) in [6, 6.07) is -0.139. The number of carbonyl (C=O) groups is 1. The van der Waals surface area contributed by atoms with Gasteiger partial charge in [-0.15, -0.1) is 0 Å². The predicted octanol–water partition coefficient (Wildman–Crippen LogP) is 0.695. The summed E-state index contributed by atoms with van der Waals surface area (Å²) in [5.74, 6) is 2.16. The molecule has 20 heavy (non-hydrogen) atoms. The Hall–Kier alpha value is -0.620. The smallest absolute Gasteiger partial charge is 0.226 e. The monoisotopic (exact) mass is 301 g/mol. The molecule has 3 unspecified atom stereocenters. The van der Waals surface area contributed by atoms with E-state index in [9.17, 15) is 13.2 Å². The molecule has 114 valence electrons. The summed E-state index contributed by atoms with van der Waals surface area (Å²) in [7, 11) is -1.35. The van der Waals surface area contributed by atoms with Crippen LogP contribution in [0.3, 0.4) is 0 Å². The van der Waals surface area contributed by atoms with Gasteiger partial charge in [0.2, 0.25) is 5.91 Å². The highest BCUT2D eigenvalue weighted by atomic mass is 32.2. The van der Waals surface area contributed by atoms with E-state index in [1.54, 1.807) is 12.0 Å². The molecule has 3 aliphatic rings. The van der Waals surface area contributed by atoms with Gasteiger partial charge in [-0.1, -0.05) is 0 Å². The van der Waals surface area contributed by atoms with Crippen LogP contribution in [0, 0.1) is 17.8 Å². The largest absolute Gasteiger partial charge is 0.383 e. The minimum Gasteiger partial charge on any atom is -0.383 e. The van der Waals surface area contributed by atoms with Gasteiger partial charge in [0.15, 0.2) is 9.84 Å². The van der Waals surface area contributed by atoms with E-state index in [2.05, 4.69) is 0 Å². The van der Waals surface area contributed by atoms with E-state index in [-0.39, 0.29) is 29.4 Å². The zero-order valence-corrected chi connectivity index (χ0v) is 12.8. The van der Waals surface area contributed by atoms with E-state index in [4.69, 9.17) is 4.74 Å². The number of ether oxygens (including phenoxy) is 1. The number of carbonyl (C=O) groups excluding carboxylic acids is 1. The second-order valence-corrected chi connectivity index (χ2v) is 8.73. The van der Waals surface area contributed by atoms with Gasteiger partial charge in [0, 0.05) is 25.6 Å². The SMILES string of the molecule is COCCN(C(=O)C1CC2CC2C1)C1CCS(=O)(=O)C1. The van der Waals surface area contributed by atoms with Crippen molar-refractivity contribution in [1.82, 2.24) is 4.90 Å². The third kappa shape index (κ3) is 2.86. The van der Waals surface area contributed by atoms with Crippen molar-refractivity contribution in [2.45, 2.75) is 31.7 Å². The average molecular weight is 301 g/mol. The molecule has 0 N–H and O–H groups in total. The molecule has 0 bridgehead atoms. The average Bonchev–Trinajstić information content (AvgIpc) is 2.84. The molecule has 3 atom stereocenters. The van der Waals surface area contributed by atoms with Gasteiger partial charge in [-0.3, -0.25) is 4.79 Å². The zero-order valence-electron chi connectivity index (χ0n) is 12.0. The topological polar surface area (TPSA) is 63.7 Å². The number of amides is 1. The van der Waals surface area contributed by atoms with Gasteiger partial charge in [-0.05, 0) is 37.5 Å². The molecule has 1 aliphatic heterocycles. The molecular formula is C14H23NO4S. The molecule has 0 radical (unpaired) electrons. The van der Waals surface area contributed by atoms with Crippen molar-refractivity contribution in [3.8, 4) is 0 Å². The number of fused-ring (bicyclic) bond motifs is 1. The maximum absolute atomic E-state index is 12.7. The molecule has 0 aromatic carbocycles. The summed E-state index contributed by atoms with van der Waals surface area (Å²) in [5, 5.41) is 0. The lowest BCUT2D eigenvalue weighted by molar-refractivity contribution is -0.138. The van der Waals surface area contributed by atoms with Gasteiger partial charge in [-0.2, -0.15) is 0 Å². The number of nitrogens with zero attached hydrogens (tertiary/aromatic N) is 1. The summed E-state index contributed by atoms with van der Waals surface area (Å²) in [6.07, 6.45) is 3.88. The van der Waals surface area contributed by atoms with Crippen LogP contribution in [-0.4, -0.2) is 57.0 Å². The van der Waals surface area contributed by atoms with Crippen molar-refractivity contribution < 1.29 is 17.9 Å². The number of hydrogen-bond donors (Lipinski definition) is 0. The van der Waals surface area contributed by atoms with E-state index >= 15 is 0 Å². The molecule has 3 rings (SSSR count). The Morgan fingerprint density at radius 3 is 2.50 bits per heavy atom. The van der Waals surface area contributed by atoms with E-state index in [1.165, 1.54) is 6.42 Å². The number of sulfone groups is 1. The first kappa shape index (κ1) is 14.3. The molecule has 1 amide bonds. The third-order valence-electron chi connectivity index (χ3n) is 5.06. The molecule has 0 spiro atoms. The first-order valence-electron chi connectivity index (χ1n) is 7.50. The van der Waals surface area contributed by atoms with Crippen LogP contribution in [0.2, 0.25) is 0 Å². The minimum absolute atomic E-state index is 0.124. The molecule has 1 heterocycles. The molecule has 5 nitrogen and oxygen atoms in total. The van der Waals surface area contributed by atoms with Crippen LogP contribution in [0.4, 0.5) is 0 Å². The highest BCUT2D eigenvalue weighted by Gasteiger charge is 2.49. The van der Waals surface area contributed by atoms with E-state index in [1.807, 2.05) is 0 Å². The lowest BCUT2D eigenvalue weighted by Gasteiger charge is -2.31. The Morgan fingerprint density at radius 2 is 1.95 bits per heavy atom. The summed E-state index contributed by atoms with van der Waals surface area (Å²) < 4.78 is 28.4. The number of hydrogen-bond acceptors (Lipinski definition) is 4. The van der Waals surface area contributed by atoms with Crippen LogP contribution in [0.25, 0.3) is 0 Å². The fourth-order valence-corrected chi connectivity index (χ4v) is 5.57. The molecular weight excluding hydrogens is 278 g/mol. The van der Waals surface area contributed by atoms with Crippen LogP contribution in [0.1, 0.15) is 25.7 Å². The van der Waals surface area contributed by atoms with Crippen LogP contribution >= 0.6 is 0 Å². The Balaban J connectivity index is 1.67. The first-order valence-corrected chi connectivity index (χ1v) is 9.32. The van der Waals surface area contributed by atoms with Crippen molar-refractivity contribution in [2.24, 2.45) is 17.8 Å². The van der Waals surface area contributed by atoms with Gasteiger partial charge in [0.05, 0.1) is 18.1 Å². The summed E-state index contributed by atoms with van der Waals surface area (Å²) >= 11 is 0. The Bertz CT molecular complexity index is 479. The van der Waals surface area contributed by atoms with Gasteiger partial charge >= 0.3 is 0 Å². The lowest BCUT2D eigenvalue weighted by atomic mass is 10.0.